The highest BCUT2D eigenvalue weighted by Crippen LogP contribution is 2.07. The smallest absolute Gasteiger partial charge is 0.0316 e. The quantitative estimate of drug-likeness (QED) is 0.563. The van der Waals surface area contributed by atoms with E-state index >= 15 is 0 Å². The molecule has 0 aromatic heterocycles. The summed E-state index contributed by atoms with van der Waals surface area (Å²) in [6, 6.07) is 8.42. The largest absolute Gasteiger partial charge is 0.399 e. The molecule has 0 bridgehead atoms. The summed E-state index contributed by atoms with van der Waals surface area (Å²) in [5.41, 5.74) is 7.77. The summed E-state index contributed by atoms with van der Waals surface area (Å²) in [5, 5.41) is 3.15. The second-order valence-electron chi connectivity index (χ2n) is 3.45. The van der Waals surface area contributed by atoms with E-state index < -0.39 is 0 Å². The first kappa shape index (κ1) is 10.8. The van der Waals surface area contributed by atoms with Crippen molar-refractivity contribution in [2.75, 3.05) is 12.8 Å². The molecule has 0 amide bonds. The number of likely N-dealkylation sites (N-methyl/N-ethyl adjacent to an activating group) is 1. The van der Waals surface area contributed by atoms with Crippen LogP contribution in [0.2, 0.25) is 0 Å². The van der Waals surface area contributed by atoms with Crippen molar-refractivity contribution < 1.29 is 0 Å². The highest BCUT2D eigenvalue weighted by Gasteiger charge is 1.91. The van der Waals surface area contributed by atoms with Crippen LogP contribution in [0.25, 0.3) is 0 Å². The maximum absolute atomic E-state index is 5.68. The zero-order valence-electron chi connectivity index (χ0n) is 8.83. The first-order chi connectivity index (χ1) is 6.72. The zero-order chi connectivity index (χ0) is 10.4. The number of nitrogens with two attached hydrogens (primary N) is 1. The van der Waals surface area contributed by atoms with Gasteiger partial charge < -0.3 is 11.1 Å². The van der Waals surface area contributed by atoms with Gasteiger partial charge in [0.15, 0.2) is 0 Å². The molecule has 1 aromatic rings. The monoisotopic (exact) mass is 190 g/mol. The van der Waals surface area contributed by atoms with Crippen LogP contribution in [0.15, 0.2) is 36.4 Å². The predicted molar refractivity (Wildman–Crippen MR) is 62.2 cm³/mol. The van der Waals surface area contributed by atoms with Gasteiger partial charge >= 0.3 is 0 Å². The lowest BCUT2D eigenvalue weighted by molar-refractivity contribution is 0.727. The summed E-state index contributed by atoms with van der Waals surface area (Å²) in [7, 11) is 1.95. The summed E-state index contributed by atoms with van der Waals surface area (Å²) >= 11 is 0. The van der Waals surface area contributed by atoms with Crippen molar-refractivity contribution in [3.05, 3.63) is 42.0 Å². The Hall–Kier alpha value is -1.28. The number of nitrogen functional groups attached to an aromatic ring is 1. The third-order valence-electron chi connectivity index (χ3n) is 2.18. The molecule has 0 heterocycles. The number of anilines is 1. The average Bonchev–Trinajstić information content (AvgIpc) is 2.17. The molecule has 0 fully saturated rings. The van der Waals surface area contributed by atoms with Gasteiger partial charge in [-0.1, -0.05) is 24.3 Å². The van der Waals surface area contributed by atoms with Crippen molar-refractivity contribution in [2.24, 2.45) is 0 Å². The summed E-state index contributed by atoms with van der Waals surface area (Å²) in [6.45, 7) is 2.12. The van der Waals surface area contributed by atoms with Gasteiger partial charge in [-0.05, 0) is 38.1 Å². The van der Waals surface area contributed by atoms with Crippen molar-refractivity contribution in [1.29, 1.82) is 0 Å². The highest BCUT2D eigenvalue weighted by atomic mass is 14.8. The van der Waals surface area contributed by atoms with Gasteiger partial charge in [0.25, 0.3) is 0 Å². The highest BCUT2D eigenvalue weighted by molar-refractivity contribution is 5.41. The molecule has 1 rings (SSSR count). The van der Waals surface area contributed by atoms with Gasteiger partial charge in [-0.3, -0.25) is 0 Å². The number of nitrogens with one attached hydrogen (secondary N) is 1. The predicted octanol–water partition coefficient (Wildman–Crippen LogP) is 1.98. The van der Waals surface area contributed by atoms with E-state index in [-0.39, 0.29) is 0 Å². The molecular formula is C12H18N2. The molecule has 0 saturated carbocycles. The van der Waals surface area contributed by atoms with Crippen LogP contribution in [0.4, 0.5) is 5.69 Å². The van der Waals surface area contributed by atoms with Gasteiger partial charge in [0.2, 0.25) is 0 Å². The van der Waals surface area contributed by atoms with E-state index in [1.807, 2.05) is 25.2 Å². The van der Waals surface area contributed by atoms with Crippen LogP contribution in [0.1, 0.15) is 12.5 Å². The van der Waals surface area contributed by atoms with Crippen LogP contribution in [-0.4, -0.2) is 13.1 Å². The third-order valence-corrected chi connectivity index (χ3v) is 2.18. The maximum atomic E-state index is 5.68. The third kappa shape index (κ3) is 3.62. The molecule has 1 atom stereocenters. The Morgan fingerprint density at radius 3 is 2.93 bits per heavy atom. The molecule has 1 aromatic carbocycles. The Labute approximate surface area is 85.8 Å². The Morgan fingerprint density at radius 1 is 1.50 bits per heavy atom. The van der Waals surface area contributed by atoms with Crippen LogP contribution in [-0.2, 0) is 6.42 Å². The van der Waals surface area contributed by atoms with E-state index in [9.17, 15) is 0 Å². The van der Waals surface area contributed by atoms with Crippen LogP contribution in [0.5, 0.6) is 0 Å². The second-order valence-corrected chi connectivity index (χ2v) is 3.45. The molecule has 1 unspecified atom stereocenters. The van der Waals surface area contributed by atoms with Gasteiger partial charge in [0.1, 0.15) is 0 Å². The number of allylic oxidation sites excluding steroid dienone is 1. The molecule has 0 spiro atoms. The molecule has 3 N–H and O–H groups in total. The van der Waals surface area contributed by atoms with Crippen LogP contribution >= 0.6 is 0 Å². The standard InChI is InChI=1S/C12H18N2/c1-10(14-2)5-3-6-11-7-4-8-12(13)9-11/h3-5,7-10,14H,6,13H2,1-2H3/b5-3+. The van der Waals surface area contributed by atoms with Gasteiger partial charge in [0.05, 0.1) is 0 Å². The summed E-state index contributed by atoms with van der Waals surface area (Å²) in [5.74, 6) is 0. The Balaban J connectivity index is 2.49. The van der Waals surface area contributed by atoms with E-state index in [0.717, 1.165) is 12.1 Å². The lowest BCUT2D eigenvalue weighted by Crippen LogP contribution is -2.17. The van der Waals surface area contributed by atoms with Gasteiger partial charge in [-0.25, -0.2) is 0 Å². The molecule has 2 heteroatoms. The Morgan fingerprint density at radius 2 is 2.29 bits per heavy atom. The van der Waals surface area contributed by atoms with Crippen LogP contribution < -0.4 is 11.1 Å². The Kier molecular flexibility index (Phi) is 4.20. The lowest BCUT2D eigenvalue weighted by Gasteiger charge is -2.02. The Bertz CT molecular complexity index is 305. The SMILES string of the molecule is CNC(C)/C=C/Cc1cccc(N)c1. The molecule has 0 aliphatic carbocycles. The molecule has 0 radical (unpaired) electrons. The fourth-order valence-corrected chi connectivity index (χ4v) is 1.22. The van der Waals surface area contributed by atoms with Crippen molar-refractivity contribution in [3.63, 3.8) is 0 Å². The van der Waals surface area contributed by atoms with Gasteiger partial charge in [-0.15, -0.1) is 0 Å². The number of rotatable bonds is 4. The van der Waals surface area contributed by atoms with Gasteiger partial charge in [-0.2, -0.15) is 0 Å². The topological polar surface area (TPSA) is 38.0 Å². The fraction of sp³-hybridized carbons (Fsp3) is 0.333. The van der Waals surface area contributed by atoms with E-state index in [4.69, 9.17) is 5.73 Å². The summed E-state index contributed by atoms with van der Waals surface area (Å²) < 4.78 is 0. The van der Waals surface area contributed by atoms with Crippen molar-refractivity contribution >= 4 is 5.69 Å². The van der Waals surface area contributed by atoms with Crippen LogP contribution in [0.3, 0.4) is 0 Å². The molecule has 0 saturated heterocycles. The van der Waals surface area contributed by atoms with Gasteiger partial charge in [0, 0.05) is 11.7 Å². The molecule has 14 heavy (non-hydrogen) atoms. The lowest BCUT2D eigenvalue weighted by atomic mass is 10.1. The zero-order valence-corrected chi connectivity index (χ0v) is 8.83. The first-order valence-corrected chi connectivity index (χ1v) is 4.90. The maximum Gasteiger partial charge on any atom is 0.0316 e. The number of hydrogen-bond acceptors (Lipinski definition) is 2. The molecule has 0 aliphatic rings. The minimum Gasteiger partial charge on any atom is -0.399 e. The fourth-order valence-electron chi connectivity index (χ4n) is 1.22. The van der Waals surface area contributed by atoms with E-state index in [0.29, 0.717) is 6.04 Å². The van der Waals surface area contributed by atoms with Crippen molar-refractivity contribution in [1.82, 2.24) is 5.32 Å². The number of benzene rings is 1. The van der Waals surface area contributed by atoms with E-state index in [1.165, 1.54) is 5.56 Å². The van der Waals surface area contributed by atoms with Crippen molar-refractivity contribution in [3.8, 4) is 0 Å². The van der Waals surface area contributed by atoms with Crippen LogP contribution in [0, 0.1) is 0 Å². The number of hydrogen-bond donors (Lipinski definition) is 2. The molecule has 76 valence electrons. The van der Waals surface area contributed by atoms with Crippen molar-refractivity contribution in [2.45, 2.75) is 19.4 Å². The normalized spacial score (nSPS) is 13.3. The van der Waals surface area contributed by atoms with E-state index in [1.54, 1.807) is 0 Å². The summed E-state index contributed by atoms with van der Waals surface area (Å²) in [6.07, 6.45) is 5.26. The molecule has 0 aliphatic heterocycles. The average molecular weight is 190 g/mol. The first-order valence-electron chi connectivity index (χ1n) is 4.90. The summed E-state index contributed by atoms with van der Waals surface area (Å²) in [4.78, 5) is 0. The molecular weight excluding hydrogens is 172 g/mol. The minimum absolute atomic E-state index is 0.427. The minimum atomic E-state index is 0.427. The second kappa shape index (κ2) is 5.45. The van der Waals surface area contributed by atoms with E-state index in [2.05, 4.69) is 30.5 Å². The molecule has 2 nitrogen and oxygen atoms in total.